The van der Waals surface area contributed by atoms with Crippen LogP contribution >= 0.6 is 11.3 Å². The minimum Gasteiger partial charge on any atom is -0.490 e. The van der Waals surface area contributed by atoms with E-state index in [0.29, 0.717) is 26.3 Å². The van der Waals surface area contributed by atoms with Crippen LogP contribution in [0.15, 0.2) is 35.7 Å². The third-order valence-electron chi connectivity index (χ3n) is 3.69. The minimum atomic E-state index is -0.864. The van der Waals surface area contributed by atoms with Crippen LogP contribution in [-0.4, -0.2) is 24.9 Å². The molecule has 1 atom stereocenters. The molecule has 1 aliphatic heterocycles. The van der Waals surface area contributed by atoms with E-state index in [1.807, 2.05) is 42.6 Å². The van der Waals surface area contributed by atoms with Crippen molar-refractivity contribution in [1.29, 1.82) is 0 Å². The van der Waals surface area contributed by atoms with Gasteiger partial charge in [-0.25, -0.2) is 0 Å². The highest BCUT2D eigenvalue weighted by Gasteiger charge is 2.24. The molecular weight excluding hydrogens is 298 g/mol. The summed E-state index contributed by atoms with van der Waals surface area (Å²) in [6.45, 7) is 4.32. The number of thiophene rings is 1. The zero-order valence-corrected chi connectivity index (χ0v) is 13.5. The Balaban J connectivity index is 1.65. The van der Waals surface area contributed by atoms with Crippen molar-refractivity contribution < 1.29 is 14.6 Å². The first-order chi connectivity index (χ1) is 10.7. The molecule has 0 spiro atoms. The van der Waals surface area contributed by atoms with Gasteiger partial charge in [0.05, 0.1) is 13.2 Å². The molecule has 0 bridgehead atoms. The molecule has 22 heavy (non-hydrogen) atoms. The van der Waals surface area contributed by atoms with Gasteiger partial charge in [-0.05, 0) is 24.4 Å². The lowest BCUT2D eigenvalue weighted by Gasteiger charge is -2.23. The molecule has 0 saturated heterocycles. The molecule has 118 valence electrons. The minimum absolute atomic E-state index is 0.484. The summed E-state index contributed by atoms with van der Waals surface area (Å²) in [5.74, 6) is 1.63. The Morgan fingerprint density at radius 1 is 1.23 bits per heavy atom. The molecule has 1 unspecified atom stereocenters. The van der Waals surface area contributed by atoms with Gasteiger partial charge >= 0.3 is 0 Å². The molecule has 2 N–H and O–H groups in total. The lowest BCUT2D eigenvalue weighted by molar-refractivity contribution is 0.0604. The van der Waals surface area contributed by atoms with Crippen LogP contribution in [0.1, 0.15) is 23.8 Å². The number of ether oxygens (including phenoxy) is 2. The standard InChI is InChI=1S/C17H21NO3S/c1-17(19,15-7-3-10-22-15)12-18-11-13-5-2-6-14-16(13)21-9-4-8-20-14/h2-3,5-7,10,18-19H,4,8-9,11-12H2,1H3. The summed E-state index contributed by atoms with van der Waals surface area (Å²) in [5.41, 5.74) is 0.193. The topological polar surface area (TPSA) is 50.7 Å². The molecule has 1 aliphatic rings. The van der Waals surface area contributed by atoms with Crippen molar-refractivity contribution in [2.24, 2.45) is 0 Å². The van der Waals surface area contributed by atoms with E-state index in [4.69, 9.17) is 9.47 Å². The van der Waals surface area contributed by atoms with Gasteiger partial charge in [0, 0.05) is 30.0 Å². The van der Waals surface area contributed by atoms with Crippen LogP contribution in [0.5, 0.6) is 11.5 Å². The van der Waals surface area contributed by atoms with Crippen LogP contribution in [0.25, 0.3) is 0 Å². The van der Waals surface area contributed by atoms with Crippen molar-refractivity contribution in [3.8, 4) is 11.5 Å². The number of fused-ring (bicyclic) bond motifs is 1. The summed E-state index contributed by atoms with van der Waals surface area (Å²) < 4.78 is 11.5. The summed E-state index contributed by atoms with van der Waals surface area (Å²) in [7, 11) is 0. The fraction of sp³-hybridized carbons (Fsp3) is 0.412. The first-order valence-corrected chi connectivity index (χ1v) is 8.39. The summed E-state index contributed by atoms with van der Waals surface area (Å²) in [6.07, 6.45) is 0.897. The molecular formula is C17H21NO3S. The van der Waals surface area contributed by atoms with Crippen molar-refractivity contribution in [2.45, 2.75) is 25.5 Å². The van der Waals surface area contributed by atoms with Crippen molar-refractivity contribution in [1.82, 2.24) is 5.32 Å². The Morgan fingerprint density at radius 3 is 2.91 bits per heavy atom. The molecule has 1 aromatic carbocycles. The monoisotopic (exact) mass is 319 g/mol. The Labute approximate surface area is 134 Å². The zero-order chi connectivity index (χ0) is 15.4. The van der Waals surface area contributed by atoms with E-state index in [2.05, 4.69) is 5.32 Å². The Kier molecular flexibility index (Phi) is 4.66. The molecule has 0 amide bonds. The van der Waals surface area contributed by atoms with Gasteiger partial charge in [-0.2, -0.15) is 0 Å². The lowest BCUT2D eigenvalue weighted by Crippen LogP contribution is -2.34. The molecule has 2 heterocycles. The van der Waals surface area contributed by atoms with E-state index in [1.54, 1.807) is 11.3 Å². The number of hydrogen-bond donors (Lipinski definition) is 2. The Morgan fingerprint density at radius 2 is 2.09 bits per heavy atom. The SMILES string of the molecule is CC(O)(CNCc1cccc2c1OCCCO2)c1cccs1. The van der Waals surface area contributed by atoms with Crippen LogP contribution in [0.2, 0.25) is 0 Å². The maximum atomic E-state index is 10.5. The van der Waals surface area contributed by atoms with Crippen molar-refractivity contribution in [3.05, 3.63) is 46.2 Å². The van der Waals surface area contributed by atoms with Crippen LogP contribution in [0.3, 0.4) is 0 Å². The van der Waals surface area contributed by atoms with Gasteiger partial charge in [-0.3, -0.25) is 0 Å². The second kappa shape index (κ2) is 6.69. The predicted molar refractivity (Wildman–Crippen MR) is 87.6 cm³/mol. The van der Waals surface area contributed by atoms with Gasteiger partial charge in [-0.1, -0.05) is 18.2 Å². The fourth-order valence-corrected chi connectivity index (χ4v) is 3.29. The highest BCUT2D eigenvalue weighted by molar-refractivity contribution is 7.10. The third-order valence-corrected chi connectivity index (χ3v) is 4.81. The lowest BCUT2D eigenvalue weighted by atomic mass is 10.1. The third kappa shape index (κ3) is 3.43. The zero-order valence-electron chi connectivity index (χ0n) is 12.7. The number of para-hydroxylation sites is 1. The number of hydrogen-bond acceptors (Lipinski definition) is 5. The second-order valence-electron chi connectivity index (χ2n) is 5.65. The highest BCUT2D eigenvalue weighted by Crippen LogP contribution is 2.33. The van der Waals surface area contributed by atoms with E-state index in [0.717, 1.165) is 28.4 Å². The first-order valence-electron chi connectivity index (χ1n) is 7.51. The Hall–Kier alpha value is -1.56. The van der Waals surface area contributed by atoms with Crippen LogP contribution in [0.4, 0.5) is 0 Å². The van der Waals surface area contributed by atoms with E-state index >= 15 is 0 Å². The summed E-state index contributed by atoms with van der Waals surface area (Å²) in [5, 5.41) is 15.8. The normalized spacial score (nSPS) is 16.8. The van der Waals surface area contributed by atoms with Gasteiger partial charge in [-0.15, -0.1) is 11.3 Å². The molecule has 0 radical (unpaired) electrons. The smallest absolute Gasteiger partial charge is 0.165 e. The largest absolute Gasteiger partial charge is 0.490 e. The van der Waals surface area contributed by atoms with Crippen LogP contribution in [0, 0.1) is 0 Å². The van der Waals surface area contributed by atoms with Crippen molar-refractivity contribution in [2.75, 3.05) is 19.8 Å². The molecule has 0 aliphatic carbocycles. The maximum Gasteiger partial charge on any atom is 0.165 e. The molecule has 0 fully saturated rings. The first kappa shape index (κ1) is 15.3. The average molecular weight is 319 g/mol. The molecule has 2 aromatic rings. The van der Waals surface area contributed by atoms with Crippen molar-refractivity contribution >= 4 is 11.3 Å². The average Bonchev–Trinajstić information content (AvgIpc) is 2.94. The van der Waals surface area contributed by atoms with Crippen LogP contribution < -0.4 is 14.8 Å². The van der Waals surface area contributed by atoms with Gasteiger partial charge in [0.25, 0.3) is 0 Å². The van der Waals surface area contributed by atoms with E-state index in [9.17, 15) is 5.11 Å². The van der Waals surface area contributed by atoms with Gasteiger partial charge in [0.2, 0.25) is 0 Å². The van der Waals surface area contributed by atoms with Crippen molar-refractivity contribution in [3.63, 3.8) is 0 Å². The quantitative estimate of drug-likeness (QED) is 0.890. The molecule has 4 nitrogen and oxygen atoms in total. The second-order valence-corrected chi connectivity index (χ2v) is 6.60. The number of nitrogens with one attached hydrogen (secondary N) is 1. The summed E-state index contributed by atoms with van der Waals surface area (Å²) >= 11 is 1.57. The number of rotatable bonds is 5. The molecule has 1 aromatic heterocycles. The molecule has 0 saturated carbocycles. The fourth-order valence-electron chi connectivity index (χ4n) is 2.51. The number of aliphatic hydroxyl groups is 1. The van der Waals surface area contributed by atoms with Gasteiger partial charge in [0.1, 0.15) is 5.60 Å². The maximum absolute atomic E-state index is 10.5. The highest BCUT2D eigenvalue weighted by atomic mass is 32.1. The summed E-state index contributed by atoms with van der Waals surface area (Å²) in [4.78, 5) is 0.964. The van der Waals surface area contributed by atoms with Gasteiger partial charge < -0.3 is 19.9 Å². The predicted octanol–water partition coefficient (Wildman–Crippen LogP) is 2.91. The van der Waals surface area contributed by atoms with E-state index < -0.39 is 5.60 Å². The van der Waals surface area contributed by atoms with Crippen LogP contribution in [-0.2, 0) is 12.1 Å². The summed E-state index contributed by atoms with van der Waals surface area (Å²) in [6, 6.07) is 9.85. The van der Waals surface area contributed by atoms with E-state index in [1.165, 1.54) is 0 Å². The molecule has 5 heteroatoms. The number of benzene rings is 1. The van der Waals surface area contributed by atoms with Gasteiger partial charge in [0.15, 0.2) is 11.5 Å². The Bertz CT molecular complexity index is 610. The van der Waals surface area contributed by atoms with E-state index in [-0.39, 0.29) is 0 Å². The molecule has 3 rings (SSSR count).